The molecule has 3 aliphatic rings. The Morgan fingerprint density at radius 1 is 1.14 bits per heavy atom. The number of nitrogens with one attached hydrogen (secondary N) is 1. The van der Waals surface area contributed by atoms with Crippen LogP contribution in [0.3, 0.4) is 0 Å². The molecule has 9 heteroatoms. The monoisotopic (exact) mass is 526 g/mol. The quantitative estimate of drug-likeness (QED) is 0.377. The van der Waals surface area contributed by atoms with Crippen molar-refractivity contribution in [2.45, 2.75) is 69.7 Å². The van der Waals surface area contributed by atoms with Crippen LogP contribution in [0.5, 0.6) is 0 Å². The van der Waals surface area contributed by atoms with Gasteiger partial charge in [-0.05, 0) is 62.3 Å². The topological polar surface area (TPSA) is 80.5 Å². The minimum atomic E-state index is -0.0512. The van der Waals surface area contributed by atoms with E-state index in [1.54, 1.807) is 24.5 Å². The van der Waals surface area contributed by atoms with Gasteiger partial charge in [-0.1, -0.05) is 41.3 Å². The number of halogens is 2. The molecule has 0 radical (unpaired) electrons. The third kappa shape index (κ3) is 4.49. The van der Waals surface area contributed by atoms with E-state index in [9.17, 15) is 4.79 Å². The first-order valence-corrected chi connectivity index (χ1v) is 13.3. The first kappa shape index (κ1) is 23.8. The maximum atomic E-state index is 13.1. The van der Waals surface area contributed by atoms with Crippen LogP contribution in [0.1, 0.15) is 56.3 Å². The highest BCUT2D eigenvalue weighted by molar-refractivity contribution is 6.39. The predicted molar refractivity (Wildman–Crippen MR) is 138 cm³/mol. The highest BCUT2D eigenvalue weighted by Crippen LogP contribution is 2.47. The lowest BCUT2D eigenvalue weighted by Crippen LogP contribution is -2.51. The minimum absolute atomic E-state index is 0.0476. The molecule has 0 spiro atoms. The molecule has 2 amide bonds. The maximum Gasteiger partial charge on any atom is 0.322 e. The van der Waals surface area contributed by atoms with Crippen molar-refractivity contribution in [3.63, 3.8) is 0 Å². The van der Waals surface area contributed by atoms with Crippen LogP contribution in [0.4, 0.5) is 10.5 Å². The molecule has 2 aliphatic heterocycles. The molecule has 1 saturated carbocycles. The van der Waals surface area contributed by atoms with Gasteiger partial charge in [0.1, 0.15) is 11.5 Å². The molecule has 3 fully saturated rings. The number of nitrogens with zero attached hydrogens (tertiary/aromatic N) is 3. The molecule has 2 unspecified atom stereocenters. The summed E-state index contributed by atoms with van der Waals surface area (Å²) in [6.07, 6.45) is 8.16. The number of benzene rings is 1. The number of carbonyl (C=O) groups is 1. The van der Waals surface area contributed by atoms with Crippen molar-refractivity contribution < 1.29 is 14.1 Å². The van der Waals surface area contributed by atoms with E-state index in [1.165, 1.54) is 0 Å². The van der Waals surface area contributed by atoms with Crippen molar-refractivity contribution in [2.24, 2.45) is 5.92 Å². The van der Waals surface area contributed by atoms with Crippen molar-refractivity contribution in [1.82, 2.24) is 15.0 Å². The number of aromatic nitrogens is 2. The van der Waals surface area contributed by atoms with E-state index < -0.39 is 0 Å². The van der Waals surface area contributed by atoms with Gasteiger partial charge in [0.25, 0.3) is 0 Å². The molecule has 1 N–H and O–H groups in total. The largest absolute Gasteiger partial charge is 0.373 e. The summed E-state index contributed by atoms with van der Waals surface area (Å²) in [5.74, 6) is 1.68. The van der Waals surface area contributed by atoms with E-state index in [1.807, 2.05) is 23.1 Å². The Morgan fingerprint density at radius 2 is 1.89 bits per heavy atom. The molecule has 188 valence electrons. The van der Waals surface area contributed by atoms with Crippen LogP contribution in [0.25, 0.3) is 11.3 Å². The average Bonchev–Trinajstić information content (AvgIpc) is 3.58. The molecule has 1 aliphatic carbocycles. The zero-order chi connectivity index (χ0) is 24.8. The third-order valence-corrected chi connectivity index (χ3v) is 8.32. The van der Waals surface area contributed by atoms with Crippen molar-refractivity contribution in [3.05, 3.63) is 64.1 Å². The first-order valence-electron chi connectivity index (χ1n) is 12.5. The summed E-state index contributed by atoms with van der Waals surface area (Å²) in [7, 11) is 0. The second kappa shape index (κ2) is 9.69. The smallest absolute Gasteiger partial charge is 0.322 e. The Kier molecular flexibility index (Phi) is 6.40. The molecule has 3 aromatic rings. The summed E-state index contributed by atoms with van der Waals surface area (Å²) in [6, 6.07) is 9.28. The van der Waals surface area contributed by atoms with Crippen LogP contribution in [-0.2, 0) is 11.3 Å². The summed E-state index contributed by atoms with van der Waals surface area (Å²) in [5.41, 5.74) is 3.04. The Hall–Kier alpha value is -2.61. The molecule has 2 saturated heterocycles. The Balaban J connectivity index is 1.18. The van der Waals surface area contributed by atoms with Gasteiger partial charge in [0.05, 0.1) is 22.8 Å². The second-order valence-electron chi connectivity index (χ2n) is 10.2. The molecule has 4 atom stereocenters. The lowest BCUT2D eigenvalue weighted by molar-refractivity contribution is -0.0181. The Morgan fingerprint density at radius 3 is 2.58 bits per heavy atom. The van der Waals surface area contributed by atoms with Crippen LogP contribution in [-0.4, -0.2) is 39.3 Å². The number of hydrogen-bond donors (Lipinski definition) is 1. The van der Waals surface area contributed by atoms with Crippen molar-refractivity contribution in [1.29, 1.82) is 0 Å². The van der Waals surface area contributed by atoms with Gasteiger partial charge in [-0.25, -0.2) is 4.79 Å². The van der Waals surface area contributed by atoms with E-state index in [0.717, 1.165) is 49.1 Å². The van der Waals surface area contributed by atoms with Gasteiger partial charge in [0, 0.05) is 47.2 Å². The second-order valence-corrected chi connectivity index (χ2v) is 11.0. The molecule has 4 heterocycles. The minimum Gasteiger partial charge on any atom is -0.373 e. The fourth-order valence-electron chi connectivity index (χ4n) is 5.79. The van der Waals surface area contributed by atoms with Crippen LogP contribution >= 0.6 is 23.2 Å². The van der Waals surface area contributed by atoms with E-state index in [0.29, 0.717) is 39.7 Å². The molecule has 2 bridgehead atoms. The maximum absolute atomic E-state index is 13.1. The SMILES string of the molecule is C[C@@H]1CC2C[C@H](OCc3c(-c4c(Cl)cccc4Cl)noc3C3CC3)CC1N2C(=O)Nc1ccncc1. The molecular weight excluding hydrogens is 499 g/mol. The van der Waals surface area contributed by atoms with Gasteiger partial charge in [0.15, 0.2) is 0 Å². The van der Waals surface area contributed by atoms with Gasteiger partial charge in [-0.15, -0.1) is 0 Å². The van der Waals surface area contributed by atoms with Crippen LogP contribution < -0.4 is 5.32 Å². The van der Waals surface area contributed by atoms with Gasteiger partial charge in [-0.3, -0.25) is 4.98 Å². The van der Waals surface area contributed by atoms with E-state index in [4.69, 9.17) is 32.5 Å². The Labute approximate surface area is 220 Å². The fourth-order valence-corrected chi connectivity index (χ4v) is 6.37. The van der Waals surface area contributed by atoms with Crippen molar-refractivity contribution in [2.75, 3.05) is 5.32 Å². The molecule has 36 heavy (non-hydrogen) atoms. The number of fused-ring (bicyclic) bond motifs is 2. The molecule has 2 aromatic heterocycles. The summed E-state index contributed by atoms with van der Waals surface area (Å²) in [6.45, 7) is 2.61. The number of rotatable bonds is 6. The van der Waals surface area contributed by atoms with Crippen LogP contribution in [0, 0.1) is 5.92 Å². The Bertz CT molecular complexity index is 1240. The van der Waals surface area contributed by atoms with E-state index in [-0.39, 0.29) is 24.2 Å². The number of anilines is 1. The third-order valence-electron chi connectivity index (χ3n) is 7.69. The summed E-state index contributed by atoms with van der Waals surface area (Å²) >= 11 is 13.0. The molecule has 1 aromatic carbocycles. The fraction of sp³-hybridized carbons (Fsp3) is 0.444. The highest BCUT2D eigenvalue weighted by Gasteiger charge is 2.47. The lowest BCUT2D eigenvalue weighted by Gasteiger charge is -2.39. The number of pyridine rings is 1. The summed E-state index contributed by atoms with van der Waals surface area (Å²) in [4.78, 5) is 19.2. The average molecular weight is 527 g/mol. The molecule has 7 nitrogen and oxygen atoms in total. The zero-order valence-electron chi connectivity index (χ0n) is 20.0. The number of carbonyl (C=O) groups excluding carboxylic acids is 1. The van der Waals surface area contributed by atoms with Gasteiger partial charge in [0.2, 0.25) is 0 Å². The molecule has 6 rings (SSSR count). The van der Waals surface area contributed by atoms with Crippen molar-refractivity contribution >= 4 is 34.9 Å². The predicted octanol–water partition coefficient (Wildman–Crippen LogP) is 6.91. The molecular formula is C27H28Cl2N4O3. The standard InChI is InChI=1S/C27H28Cl2N4O3/c1-15-11-18-12-19(13-23(15)33(18)27(34)31-17-7-9-30-10-8-17)35-14-20-25(32-36-26(20)16-5-6-16)24-21(28)3-2-4-22(24)29/h2-4,7-10,15-16,18-19,23H,5-6,11-14H2,1H3,(H,30,31,34)/t15-,18?,19+,23?/m1/s1. The van der Waals surface area contributed by atoms with Crippen LogP contribution in [0.15, 0.2) is 47.2 Å². The van der Waals surface area contributed by atoms with Crippen LogP contribution in [0.2, 0.25) is 10.0 Å². The number of ether oxygens (including phenoxy) is 1. The van der Waals surface area contributed by atoms with Gasteiger partial charge < -0.3 is 19.5 Å². The van der Waals surface area contributed by atoms with Gasteiger partial charge in [-0.2, -0.15) is 0 Å². The normalized spacial score (nSPS) is 25.2. The zero-order valence-corrected chi connectivity index (χ0v) is 21.5. The number of amides is 2. The summed E-state index contributed by atoms with van der Waals surface area (Å²) < 4.78 is 12.3. The number of hydrogen-bond acceptors (Lipinski definition) is 5. The van der Waals surface area contributed by atoms with Crippen molar-refractivity contribution in [3.8, 4) is 11.3 Å². The van der Waals surface area contributed by atoms with E-state index >= 15 is 0 Å². The first-order chi connectivity index (χ1) is 17.5. The summed E-state index contributed by atoms with van der Waals surface area (Å²) in [5, 5.41) is 8.48. The van der Waals surface area contributed by atoms with Gasteiger partial charge >= 0.3 is 6.03 Å². The number of urea groups is 1. The lowest BCUT2D eigenvalue weighted by atomic mass is 9.97. The number of piperidine rings is 1. The highest BCUT2D eigenvalue weighted by atomic mass is 35.5. The van der Waals surface area contributed by atoms with E-state index in [2.05, 4.69) is 22.4 Å².